The lowest BCUT2D eigenvalue weighted by Crippen LogP contribution is -2.08. The molecule has 2 heterocycles. The van der Waals surface area contributed by atoms with Gasteiger partial charge in [-0.1, -0.05) is 0 Å². The number of nitrogen functional groups attached to an aromatic ring is 1. The Bertz CT molecular complexity index is 413. The van der Waals surface area contributed by atoms with E-state index in [1.165, 1.54) is 5.56 Å². The lowest BCUT2D eigenvalue weighted by atomic mass is 10.3. The Morgan fingerprint density at radius 2 is 2.33 bits per heavy atom. The molecule has 0 fully saturated rings. The van der Waals surface area contributed by atoms with E-state index in [-0.39, 0.29) is 0 Å². The third-order valence-electron chi connectivity index (χ3n) is 1.98. The molecule has 0 aliphatic rings. The molecular weight excluding hydrogens is 208 g/mol. The van der Waals surface area contributed by atoms with Crippen molar-refractivity contribution in [2.45, 2.75) is 6.54 Å². The van der Waals surface area contributed by atoms with E-state index in [1.54, 1.807) is 17.5 Å². The van der Waals surface area contributed by atoms with E-state index in [2.05, 4.69) is 32.6 Å². The Kier molecular flexibility index (Phi) is 3.16. The van der Waals surface area contributed by atoms with Crippen LogP contribution in [0, 0.1) is 0 Å². The normalized spacial score (nSPS) is 9.93. The van der Waals surface area contributed by atoms with E-state index in [9.17, 15) is 0 Å². The highest BCUT2D eigenvalue weighted by atomic mass is 32.1. The van der Waals surface area contributed by atoms with Crippen molar-refractivity contribution >= 4 is 22.8 Å². The van der Waals surface area contributed by atoms with Gasteiger partial charge < -0.3 is 10.7 Å². The minimum Gasteiger partial charge on any atom is -0.381 e. The van der Waals surface area contributed by atoms with Crippen molar-refractivity contribution in [2.75, 3.05) is 10.7 Å². The molecule has 4 nitrogen and oxygen atoms in total. The van der Waals surface area contributed by atoms with Crippen LogP contribution in [0.1, 0.15) is 5.56 Å². The van der Waals surface area contributed by atoms with Crippen molar-refractivity contribution in [2.24, 2.45) is 5.84 Å². The fourth-order valence-electron chi connectivity index (χ4n) is 1.22. The Hall–Kier alpha value is -1.59. The molecule has 0 unspecified atom stereocenters. The van der Waals surface area contributed by atoms with Gasteiger partial charge in [0, 0.05) is 24.5 Å². The number of nitrogens with one attached hydrogen (secondary N) is 2. The van der Waals surface area contributed by atoms with Crippen LogP contribution < -0.4 is 16.6 Å². The molecule has 0 spiro atoms. The second-order valence-electron chi connectivity index (χ2n) is 3.06. The summed E-state index contributed by atoms with van der Waals surface area (Å²) in [5.74, 6) is 5.93. The summed E-state index contributed by atoms with van der Waals surface area (Å²) in [7, 11) is 0. The molecule has 2 rings (SSSR count). The van der Waals surface area contributed by atoms with Gasteiger partial charge in [0.2, 0.25) is 0 Å². The molecule has 0 saturated heterocycles. The van der Waals surface area contributed by atoms with Crippen molar-refractivity contribution in [3.63, 3.8) is 0 Å². The lowest BCUT2D eigenvalue weighted by molar-refractivity contribution is 1.15. The van der Waals surface area contributed by atoms with Gasteiger partial charge in [-0.2, -0.15) is 11.3 Å². The van der Waals surface area contributed by atoms with Gasteiger partial charge in [0.05, 0.1) is 0 Å². The summed E-state index contributed by atoms with van der Waals surface area (Å²) < 4.78 is 0. The number of rotatable bonds is 4. The van der Waals surface area contributed by atoms with Gasteiger partial charge in [0.15, 0.2) is 0 Å². The number of nitrogens with two attached hydrogens (primary N) is 1. The third-order valence-corrected chi connectivity index (χ3v) is 2.72. The minimum atomic E-state index is 0.658. The molecule has 2 aromatic heterocycles. The molecule has 2 aromatic rings. The number of aromatic nitrogens is 1. The van der Waals surface area contributed by atoms with Gasteiger partial charge in [0.1, 0.15) is 5.82 Å². The monoisotopic (exact) mass is 220 g/mol. The smallest absolute Gasteiger partial charge is 0.141 e. The van der Waals surface area contributed by atoms with Crippen LogP contribution in [0.5, 0.6) is 0 Å². The van der Waals surface area contributed by atoms with Gasteiger partial charge in [0.25, 0.3) is 0 Å². The Morgan fingerprint density at radius 1 is 1.40 bits per heavy atom. The average Bonchev–Trinajstić information content (AvgIpc) is 2.79. The van der Waals surface area contributed by atoms with E-state index >= 15 is 0 Å². The number of anilines is 2. The molecule has 0 atom stereocenters. The standard InChI is InChI=1S/C10H12N4S/c11-14-10-5-9(1-3-12-10)13-6-8-2-4-15-7-8/h1-5,7H,6,11H2,(H2,12,13,14). The largest absolute Gasteiger partial charge is 0.381 e. The zero-order valence-corrected chi connectivity index (χ0v) is 8.92. The molecule has 5 heteroatoms. The van der Waals surface area contributed by atoms with Crippen molar-refractivity contribution in [1.82, 2.24) is 4.98 Å². The maximum absolute atomic E-state index is 5.27. The molecule has 4 N–H and O–H groups in total. The first-order valence-electron chi connectivity index (χ1n) is 4.56. The van der Waals surface area contributed by atoms with Crippen LogP contribution >= 0.6 is 11.3 Å². The Balaban J connectivity index is 1.98. The number of nitrogens with zero attached hydrogens (tertiary/aromatic N) is 1. The maximum atomic E-state index is 5.27. The topological polar surface area (TPSA) is 63.0 Å². The van der Waals surface area contributed by atoms with Crippen molar-refractivity contribution in [3.8, 4) is 0 Å². The number of hydrazine groups is 1. The fourth-order valence-corrected chi connectivity index (χ4v) is 1.89. The van der Waals surface area contributed by atoms with Crippen molar-refractivity contribution in [1.29, 1.82) is 0 Å². The highest BCUT2D eigenvalue weighted by molar-refractivity contribution is 7.07. The zero-order chi connectivity index (χ0) is 10.5. The number of hydrogen-bond donors (Lipinski definition) is 3. The Morgan fingerprint density at radius 3 is 3.07 bits per heavy atom. The van der Waals surface area contributed by atoms with Crippen LogP contribution in [0.25, 0.3) is 0 Å². The number of thiophene rings is 1. The highest BCUT2D eigenvalue weighted by Gasteiger charge is 1.96. The predicted octanol–water partition coefficient (Wildman–Crippen LogP) is 2.04. The van der Waals surface area contributed by atoms with Gasteiger partial charge in [-0.25, -0.2) is 10.8 Å². The van der Waals surface area contributed by atoms with E-state index < -0.39 is 0 Å². The van der Waals surface area contributed by atoms with E-state index in [1.807, 2.05) is 12.1 Å². The minimum absolute atomic E-state index is 0.658. The zero-order valence-electron chi connectivity index (χ0n) is 8.10. The van der Waals surface area contributed by atoms with Crippen LogP contribution in [-0.2, 0) is 6.54 Å². The molecule has 0 aliphatic heterocycles. The second kappa shape index (κ2) is 4.77. The van der Waals surface area contributed by atoms with E-state index in [0.29, 0.717) is 5.82 Å². The molecule has 15 heavy (non-hydrogen) atoms. The summed E-state index contributed by atoms with van der Waals surface area (Å²) in [6, 6.07) is 5.88. The molecule has 0 amide bonds. The summed E-state index contributed by atoms with van der Waals surface area (Å²) in [5.41, 5.74) is 4.79. The molecule has 0 radical (unpaired) electrons. The molecular formula is C10H12N4S. The summed E-state index contributed by atoms with van der Waals surface area (Å²) >= 11 is 1.70. The molecule has 0 bridgehead atoms. The quantitative estimate of drug-likeness (QED) is 0.545. The maximum Gasteiger partial charge on any atom is 0.141 e. The average molecular weight is 220 g/mol. The molecule has 0 saturated carbocycles. The number of hydrogen-bond acceptors (Lipinski definition) is 5. The van der Waals surface area contributed by atoms with Gasteiger partial charge in [-0.15, -0.1) is 0 Å². The summed E-state index contributed by atoms with van der Waals surface area (Å²) in [6.07, 6.45) is 1.71. The highest BCUT2D eigenvalue weighted by Crippen LogP contribution is 2.13. The predicted molar refractivity (Wildman–Crippen MR) is 63.7 cm³/mol. The molecule has 78 valence electrons. The lowest BCUT2D eigenvalue weighted by Gasteiger charge is -2.06. The van der Waals surface area contributed by atoms with Gasteiger partial charge in [-0.05, 0) is 28.5 Å². The first-order valence-corrected chi connectivity index (χ1v) is 5.50. The fraction of sp³-hybridized carbons (Fsp3) is 0.100. The first kappa shape index (κ1) is 9.95. The van der Waals surface area contributed by atoms with Crippen LogP contribution in [0.15, 0.2) is 35.2 Å². The van der Waals surface area contributed by atoms with Gasteiger partial charge in [-0.3, -0.25) is 0 Å². The van der Waals surface area contributed by atoms with E-state index in [0.717, 1.165) is 12.2 Å². The summed E-state index contributed by atoms with van der Waals surface area (Å²) in [6.45, 7) is 0.817. The van der Waals surface area contributed by atoms with Crippen LogP contribution in [0.4, 0.5) is 11.5 Å². The van der Waals surface area contributed by atoms with Crippen LogP contribution in [0.3, 0.4) is 0 Å². The first-order chi connectivity index (χ1) is 7.38. The third kappa shape index (κ3) is 2.68. The summed E-state index contributed by atoms with van der Waals surface area (Å²) in [5, 5.41) is 7.48. The Labute approximate surface area is 92.1 Å². The molecule has 0 aromatic carbocycles. The van der Waals surface area contributed by atoms with Gasteiger partial charge >= 0.3 is 0 Å². The second-order valence-corrected chi connectivity index (χ2v) is 3.84. The SMILES string of the molecule is NNc1cc(NCc2ccsc2)ccn1. The number of pyridine rings is 1. The van der Waals surface area contributed by atoms with Crippen LogP contribution in [-0.4, -0.2) is 4.98 Å². The van der Waals surface area contributed by atoms with E-state index in [4.69, 9.17) is 5.84 Å². The molecule has 0 aliphatic carbocycles. The van der Waals surface area contributed by atoms with Crippen molar-refractivity contribution in [3.05, 3.63) is 40.7 Å². The summed E-state index contributed by atoms with van der Waals surface area (Å²) in [4.78, 5) is 4.03. The van der Waals surface area contributed by atoms with Crippen molar-refractivity contribution < 1.29 is 0 Å². The van der Waals surface area contributed by atoms with Crippen LogP contribution in [0.2, 0.25) is 0 Å².